The van der Waals surface area contributed by atoms with E-state index in [9.17, 15) is 0 Å². The van der Waals surface area contributed by atoms with Gasteiger partial charge in [0.2, 0.25) is 0 Å². The molecule has 1 aromatic rings. The molecule has 0 spiro atoms. The Morgan fingerprint density at radius 1 is 1.24 bits per heavy atom. The Balaban J connectivity index is 1.78. The van der Waals surface area contributed by atoms with E-state index in [0.717, 1.165) is 18.2 Å². The van der Waals surface area contributed by atoms with E-state index in [1.54, 1.807) is 12.4 Å². The van der Waals surface area contributed by atoms with Gasteiger partial charge in [-0.25, -0.2) is 0 Å². The third kappa shape index (κ3) is 4.08. The van der Waals surface area contributed by atoms with Crippen LogP contribution in [0.25, 0.3) is 0 Å². The van der Waals surface area contributed by atoms with Gasteiger partial charge in [-0.05, 0) is 25.7 Å². The zero-order valence-electron chi connectivity index (χ0n) is 10.7. The van der Waals surface area contributed by atoms with Crippen LogP contribution in [0, 0.1) is 5.92 Å². The first-order valence-electron chi connectivity index (χ1n) is 6.84. The molecule has 1 heterocycles. The average molecular weight is 233 g/mol. The first-order valence-corrected chi connectivity index (χ1v) is 6.84. The maximum atomic E-state index is 4.29. The number of nitrogens with zero attached hydrogens (tertiary/aromatic N) is 2. The Morgan fingerprint density at radius 3 is 2.65 bits per heavy atom. The summed E-state index contributed by atoms with van der Waals surface area (Å²) in [5.41, 5.74) is 1.04. The van der Waals surface area contributed by atoms with Crippen LogP contribution in [-0.4, -0.2) is 16.0 Å². The monoisotopic (exact) mass is 233 g/mol. The van der Waals surface area contributed by atoms with Gasteiger partial charge in [-0.15, -0.1) is 0 Å². The van der Waals surface area contributed by atoms with Crippen LogP contribution in [0.3, 0.4) is 0 Å². The minimum absolute atomic E-state index is 0.593. The Kier molecular flexibility index (Phi) is 4.92. The van der Waals surface area contributed by atoms with Gasteiger partial charge in [0, 0.05) is 31.2 Å². The molecule has 0 aliphatic heterocycles. The van der Waals surface area contributed by atoms with Crippen molar-refractivity contribution in [3.8, 4) is 0 Å². The normalized spacial score (nSPS) is 19.8. The largest absolute Gasteiger partial charge is 0.308 e. The lowest BCUT2D eigenvalue weighted by Crippen LogP contribution is -2.33. The molecule has 0 amide bonds. The molecule has 0 aromatic carbocycles. The predicted octanol–water partition coefficient (Wildman–Crippen LogP) is 2.93. The van der Waals surface area contributed by atoms with Crippen LogP contribution in [0.1, 0.15) is 51.1 Å². The molecule has 1 aliphatic carbocycles. The lowest BCUT2D eigenvalue weighted by molar-refractivity contribution is 0.335. The van der Waals surface area contributed by atoms with E-state index in [2.05, 4.69) is 22.2 Å². The van der Waals surface area contributed by atoms with Gasteiger partial charge in [0.05, 0.1) is 5.69 Å². The summed E-state index contributed by atoms with van der Waals surface area (Å²) in [4.78, 5) is 8.38. The fourth-order valence-electron chi connectivity index (χ4n) is 2.66. The molecule has 1 N–H and O–H groups in total. The van der Waals surface area contributed by atoms with Gasteiger partial charge < -0.3 is 5.32 Å². The standard InChI is InChI=1S/C14H23N3/c1-12(13-6-4-2-3-5-7-13)17-11-14-10-15-8-9-16-14/h8-10,12-13,17H,2-7,11H2,1H3/t12-/m0/s1. The molecule has 17 heavy (non-hydrogen) atoms. The van der Waals surface area contributed by atoms with Crippen molar-refractivity contribution in [3.63, 3.8) is 0 Å². The van der Waals surface area contributed by atoms with E-state index in [0.29, 0.717) is 6.04 Å². The van der Waals surface area contributed by atoms with E-state index in [1.165, 1.54) is 38.5 Å². The van der Waals surface area contributed by atoms with Gasteiger partial charge >= 0.3 is 0 Å². The second-order valence-electron chi connectivity index (χ2n) is 5.12. The van der Waals surface area contributed by atoms with Crippen LogP contribution in [0.4, 0.5) is 0 Å². The summed E-state index contributed by atoms with van der Waals surface area (Å²) in [5.74, 6) is 0.842. The molecule has 1 atom stereocenters. The van der Waals surface area contributed by atoms with Crippen molar-refractivity contribution in [1.29, 1.82) is 0 Å². The fourth-order valence-corrected chi connectivity index (χ4v) is 2.66. The van der Waals surface area contributed by atoms with Crippen molar-refractivity contribution in [2.24, 2.45) is 5.92 Å². The molecule has 1 fully saturated rings. The number of aromatic nitrogens is 2. The fraction of sp³-hybridized carbons (Fsp3) is 0.714. The minimum Gasteiger partial charge on any atom is -0.308 e. The highest BCUT2D eigenvalue weighted by Crippen LogP contribution is 2.25. The highest BCUT2D eigenvalue weighted by atomic mass is 14.9. The molecule has 0 bridgehead atoms. The summed E-state index contributed by atoms with van der Waals surface area (Å²) in [6.07, 6.45) is 13.7. The van der Waals surface area contributed by atoms with Crippen LogP contribution < -0.4 is 5.32 Å². The maximum absolute atomic E-state index is 4.29. The van der Waals surface area contributed by atoms with Gasteiger partial charge in [0.1, 0.15) is 0 Å². The number of hydrogen-bond donors (Lipinski definition) is 1. The zero-order valence-corrected chi connectivity index (χ0v) is 10.7. The Hall–Kier alpha value is -0.960. The smallest absolute Gasteiger partial charge is 0.0724 e. The highest BCUT2D eigenvalue weighted by Gasteiger charge is 2.18. The molecular formula is C14H23N3. The minimum atomic E-state index is 0.593. The van der Waals surface area contributed by atoms with Gasteiger partial charge in [-0.2, -0.15) is 0 Å². The number of nitrogens with one attached hydrogen (secondary N) is 1. The molecule has 1 aliphatic rings. The molecule has 3 heteroatoms. The van der Waals surface area contributed by atoms with Gasteiger partial charge in [-0.1, -0.05) is 25.7 Å². The van der Waals surface area contributed by atoms with Crippen molar-refractivity contribution < 1.29 is 0 Å². The SMILES string of the molecule is C[C@H](NCc1cnccn1)C1CCCCCC1. The average Bonchev–Trinajstić information content (AvgIpc) is 2.66. The second-order valence-corrected chi connectivity index (χ2v) is 5.12. The number of rotatable bonds is 4. The zero-order chi connectivity index (χ0) is 11.9. The van der Waals surface area contributed by atoms with Crippen LogP contribution in [0.5, 0.6) is 0 Å². The van der Waals surface area contributed by atoms with E-state index >= 15 is 0 Å². The summed E-state index contributed by atoms with van der Waals surface area (Å²) in [7, 11) is 0. The summed E-state index contributed by atoms with van der Waals surface area (Å²) in [5, 5.41) is 3.59. The topological polar surface area (TPSA) is 37.8 Å². The molecule has 1 saturated carbocycles. The van der Waals surface area contributed by atoms with E-state index in [-0.39, 0.29) is 0 Å². The summed E-state index contributed by atoms with van der Waals surface area (Å²) >= 11 is 0. The van der Waals surface area contributed by atoms with E-state index in [4.69, 9.17) is 0 Å². The van der Waals surface area contributed by atoms with Gasteiger partial charge in [0.25, 0.3) is 0 Å². The lowest BCUT2D eigenvalue weighted by Gasteiger charge is -2.23. The predicted molar refractivity (Wildman–Crippen MR) is 69.5 cm³/mol. The molecule has 0 saturated heterocycles. The molecular weight excluding hydrogens is 210 g/mol. The summed E-state index contributed by atoms with van der Waals surface area (Å²) < 4.78 is 0. The molecule has 1 aromatic heterocycles. The third-order valence-electron chi connectivity index (χ3n) is 3.83. The summed E-state index contributed by atoms with van der Waals surface area (Å²) in [6, 6.07) is 0.593. The summed E-state index contributed by atoms with van der Waals surface area (Å²) in [6.45, 7) is 3.15. The first-order chi connectivity index (χ1) is 8.36. The molecule has 0 unspecified atom stereocenters. The Morgan fingerprint density at radius 2 is 2.00 bits per heavy atom. The quantitative estimate of drug-likeness (QED) is 0.813. The van der Waals surface area contributed by atoms with Crippen molar-refractivity contribution in [2.75, 3.05) is 0 Å². The maximum Gasteiger partial charge on any atom is 0.0724 e. The molecule has 2 rings (SSSR count). The Labute approximate surface area is 104 Å². The van der Waals surface area contributed by atoms with Crippen LogP contribution in [0.15, 0.2) is 18.6 Å². The second kappa shape index (κ2) is 6.70. The first kappa shape index (κ1) is 12.5. The molecule has 94 valence electrons. The molecule has 3 nitrogen and oxygen atoms in total. The lowest BCUT2D eigenvalue weighted by atomic mass is 9.93. The van der Waals surface area contributed by atoms with E-state index < -0.39 is 0 Å². The van der Waals surface area contributed by atoms with Gasteiger partial charge in [-0.3, -0.25) is 9.97 Å². The molecule has 0 radical (unpaired) electrons. The van der Waals surface area contributed by atoms with Crippen LogP contribution in [-0.2, 0) is 6.54 Å². The van der Waals surface area contributed by atoms with Crippen molar-refractivity contribution >= 4 is 0 Å². The third-order valence-corrected chi connectivity index (χ3v) is 3.83. The highest BCUT2D eigenvalue weighted by molar-refractivity contribution is 4.94. The van der Waals surface area contributed by atoms with Crippen LogP contribution in [0.2, 0.25) is 0 Å². The Bertz CT molecular complexity index is 305. The van der Waals surface area contributed by atoms with Gasteiger partial charge in [0.15, 0.2) is 0 Å². The van der Waals surface area contributed by atoms with Crippen molar-refractivity contribution in [1.82, 2.24) is 15.3 Å². The van der Waals surface area contributed by atoms with E-state index in [1.807, 2.05) is 6.20 Å². The van der Waals surface area contributed by atoms with Crippen molar-refractivity contribution in [2.45, 2.75) is 58.0 Å². The number of hydrogen-bond acceptors (Lipinski definition) is 3. The van der Waals surface area contributed by atoms with Crippen LogP contribution >= 0.6 is 0 Å². The van der Waals surface area contributed by atoms with Crippen molar-refractivity contribution in [3.05, 3.63) is 24.3 Å².